The number of hydrogen-bond donors (Lipinski definition) is 0. The van der Waals surface area contributed by atoms with E-state index in [1.165, 1.54) is 12.1 Å². The summed E-state index contributed by atoms with van der Waals surface area (Å²) < 4.78 is 0. The third kappa shape index (κ3) is 2.82. The van der Waals surface area contributed by atoms with Gasteiger partial charge in [0.15, 0.2) is 0 Å². The van der Waals surface area contributed by atoms with Crippen molar-refractivity contribution < 1.29 is 4.92 Å². The second-order valence-electron chi connectivity index (χ2n) is 3.42. The smallest absolute Gasteiger partial charge is 0.270 e. The Kier molecular flexibility index (Phi) is 3.62. The van der Waals surface area contributed by atoms with Crippen LogP contribution in [0.2, 0.25) is 0 Å². The Morgan fingerprint density at radius 2 is 2.19 bits per heavy atom. The van der Waals surface area contributed by atoms with Crippen LogP contribution in [0.25, 0.3) is 6.08 Å². The van der Waals surface area contributed by atoms with E-state index in [4.69, 9.17) is 5.26 Å². The highest BCUT2D eigenvalue weighted by Crippen LogP contribution is 2.18. The van der Waals surface area contributed by atoms with Gasteiger partial charge in [-0.25, -0.2) is 0 Å². The van der Waals surface area contributed by atoms with Crippen LogP contribution >= 0.6 is 0 Å². The second kappa shape index (κ2) is 4.94. The predicted molar refractivity (Wildman–Crippen MR) is 60.5 cm³/mol. The zero-order valence-corrected chi connectivity index (χ0v) is 9.04. The highest BCUT2D eigenvalue weighted by Gasteiger charge is 2.08. The fourth-order valence-electron chi connectivity index (χ4n) is 1.13. The van der Waals surface area contributed by atoms with Crippen LogP contribution in [-0.2, 0) is 0 Å². The molecule has 0 unspecified atom stereocenters. The molecule has 0 heterocycles. The van der Waals surface area contributed by atoms with Crippen molar-refractivity contribution in [2.75, 3.05) is 14.1 Å². The topological polar surface area (TPSA) is 70.2 Å². The van der Waals surface area contributed by atoms with Crippen LogP contribution in [0.1, 0.15) is 11.1 Å². The molecule has 0 radical (unpaired) electrons. The molecule has 82 valence electrons. The van der Waals surface area contributed by atoms with Gasteiger partial charge in [0.05, 0.1) is 10.5 Å². The molecular formula is C11H11N3O2. The molecule has 0 amide bonds. The molecule has 1 aromatic rings. The van der Waals surface area contributed by atoms with Crippen LogP contribution in [0.3, 0.4) is 0 Å². The predicted octanol–water partition coefficient (Wildman–Crippen LogP) is 2.00. The lowest BCUT2D eigenvalue weighted by Gasteiger charge is -2.04. The van der Waals surface area contributed by atoms with E-state index in [-0.39, 0.29) is 5.69 Å². The van der Waals surface area contributed by atoms with Crippen molar-refractivity contribution in [2.24, 2.45) is 0 Å². The number of nitriles is 1. The maximum atomic E-state index is 10.5. The van der Waals surface area contributed by atoms with Crippen LogP contribution in [0.5, 0.6) is 0 Å². The molecule has 5 nitrogen and oxygen atoms in total. The van der Waals surface area contributed by atoms with E-state index in [0.29, 0.717) is 11.1 Å². The average Bonchev–Trinajstić information content (AvgIpc) is 2.25. The van der Waals surface area contributed by atoms with E-state index < -0.39 is 4.92 Å². The first-order chi connectivity index (χ1) is 7.54. The van der Waals surface area contributed by atoms with Crippen molar-refractivity contribution in [2.45, 2.75) is 0 Å². The number of non-ortho nitro benzene ring substituents is 1. The Morgan fingerprint density at radius 3 is 2.69 bits per heavy atom. The van der Waals surface area contributed by atoms with Crippen molar-refractivity contribution in [3.05, 3.63) is 45.6 Å². The summed E-state index contributed by atoms with van der Waals surface area (Å²) in [7, 11) is 3.71. The molecule has 0 N–H and O–H groups in total. The first kappa shape index (κ1) is 11.7. The molecule has 5 heteroatoms. The molecule has 0 saturated heterocycles. The zero-order chi connectivity index (χ0) is 12.1. The van der Waals surface area contributed by atoms with Crippen LogP contribution in [0, 0.1) is 21.4 Å². The Bertz CT molecular complexity index is 473. The third-order valence-corrected chi connectivity index (χ3v) is 1.92. The lowest BCUT2D eigenvalue weighted by molar-refractivity contribution is -0.384. The largest absolute Gasteiger partial charge is 0.383 e. The van der Waals surface area contributed by atoms with Crippen LogP contribution in [-0.4, -0.2) is 23.9 Å². The Balaban J connectivity index is 3.13. The minimum atomic E-state index is -0.514. The summed E-state index contributed by atoms with van der Waals surface area (Å²) in [5.74, 6) is 0. The van der Waals surface area contributed by atoms with E-state index in [9.17, 15) is 10.1 Å². The fraction of sp³-hybridized carbons (Fsp3) is 0.182. The fourth-order valence-corrected chi connectivity index (χ4v) is 1.13. The molecule has 1 rings (SSSR count). The van der Waals surface area contributed by atoms with Gasteiger partial charge >= 0.3 is 0 Å². The SMILES string of the molecule is CN(C)C=Cc1ccc([N+](=O)[O-])cc1C#N. The summed E-state index contributed by atoms with van der Waals surface area (Å²) in [6, 6.07) is 6.16. The normalized spacial score (nSPS) is 10.1. The third-order valence-electron chi connectivity index (χ3n) is 1.92. The van der Waals surface area contributed by atoms with Crippen LogP contribution in [0.4, 0.5) is 5.69 Å². The number of nitro benzene ring substituents is 1. The standard InChI is InChI=1S/C11H11N3O2/c1-13(2)6-5-9-3-4-11(14(15)16)7-10(9)8-12/h3-7H,1-2H3. The summed E-state index contributed by atoms with van der Waals surface area (Å²) in [5, 5.41) is 19.4. The number of rotatable bonds is 3. The van der Waals surface area contributed by atoms with E-state index in [0.717, 1.165) is 0 Å². The number of nitrogens with zero attached hydrogens (tertiary/aromatic N) is 3. The maximum Gasteiger partial charge on any atom is 0.270 e. The first-order valence-corrected chi connectivity index (χ1v) is 4.58. The summed E-state index contributed by atoms with van der Waals surface area (Å²) in [6.07, 6.45) is 3.52. The Hall–Kier alpha value is -2.35. The quantitative estimate of drug-likeness (QED) is 0.573. The van der Waals surface area contributed by atoms with Gasteiger partial charge in [0, 0.05) is 26.2 Å². The van der Waals surface area contributed by atoms with Gasteiger partial charge in [-0.1, -0.05) is 0 Å². The average molecular weight is 217 g/mol. The molecular weight excluding hydrogens is 206 g/mol. The lowest BCUT2D eigenvalue weighted by atomic mass is 10.1. The van der Waals surface area contributed by atoms with Crippen LogP contribution < -0.4 is 0 Å². The van der Waals surface area contributed by atoms with Crippen molar-refractivity contribution in [1.29, 1.82) is 5.26 Å². The van der Waals surface area contributed by atoms with E-state index >= 15 is 0 Å². The molecule has 0 saturated carbocycles. The molecule has 1 aromatic carbocycles. The summed E-state index contributed by atoms with van der Waals surface area (Å²) >= 11 is 0. The highest BCUT2D eigenvalue weighted by atomic mass is 16.6. The van der Waals surface area contributed by atoms with Gasteiger partial charge in [-0.2, -0.15) is 5.26 Å². The molecule has 0 aliphatic carbocycles. The van der Waals surface area contributed by atoms with Gasteiger partial charge in [0.25, 0.3) is 5.69 Å². The van der Waals surface area contributed by atoms with Gasteiger partial charge in [-0.3, -0.25) is 10.1 Å². The molecule has 0 aliphatic rings. The lowest BCUT2D eigenvalue weighted by Crippen LogP contribution is -2.00. The highest BCUT2D eigenvalue weighted by molar-refractivity contribution is 5.60. The number of nitro groups is 1. The zero-order valence-electron chi connectivity index (χ0n) is 9.04. The molecule has 16 heavy (non-hydrogen) atoms. The van der Waals surface area contributed by atoms with Crippen molar-refractivity contribution >= 4 is 11.8 Å². The summed E-state index contributed by atoms with van der Waals surface area (Å²) in [4.78, 5) is 11.8. The Morgan fingerprint density at radius 1 is 1.50 bits per heavy atom. The summed E-state index contributed by atoms with van der Waals surface area (Å²) in [5.41, 5.74) is 0.896. The monoisotopic (exact) mass is 217 g/mol. The minimum absolute atomic E-state index is 0.0708. The molecule has 0 aromatic heterocycles. The van der Waals surface area contributed by atoms with Gasteiger partial charge in [-0.15, -0.1) is 0 Å². The van der Waals surface area contributed by atoms with Crippen LogP contribution in [0.15, 0.2) is 24.4 Å². The van der Waals surface area contributed by atoms with Gasteiger partial charge in [-0.05, 0) is 23.9 Å². The van der Waals surface area contributed by atoms with Gasteiger partial charge in [0.2, 0.25) is 0 Å². The number of benzene rings is 1. The van der Waals surface area contributed by atoms with Crippen molar-refractivity contribution in [1.82, 2.24) is 4.90 Å². The van der Waals surface area contributed by atoms with E-state index in [1.807, 2.05) is 25.1 Å². The molecule has 0 atom stereocenters. The molecule has 0 aliphatic heterocycles. The van der Waals surface area contributed by atoms with Crippen molar-refractivity contribution in [3.8, 4) is 6.07 Å². The number of hydrogen-bond acceptors (Lipinski definition) is 4. The maximum absolute atomic E-state index is 10.5. The van der Waals surface area contributed by atoms with Gasteiger partial charge in [0.1, 0.15) is 6.07 Å². The minimum Gasteiger partial charge on any atom is -0.383 e. The molecule has 0 fully saturated rings. The summed E-state index contributed by atoms with van der Waals surface area (Å²) in [6.45, 7) is 0. The van der Waals surface area contributed by atoms with E-state index in [2.05, 4.69) is 0 Å². The molecule has 0 spiro atoms. The first-order valence-electron chi connectivity index (χ1n) is 4.58. The van der Waals surface area contributed by atoms with Crippen molar-refractivity contribution in [3.63, 3.8) is 0 Å². The molecule has 0 bridgehead atoms. The van der Waals surface area contributed by atoms with Gasteiger partial charge < -0.3 is 4.90 Å². The van der Waals surface area contributed by atoms with E-state index in [1.54, 1.807) is 18.3 Å². The Labute approximate surface area is 93.4 Å². The second-order valence-corrected chi connectivity index (χ2v) is 3.42.